The molecule has 2 aromatic rings. The van der Waals surface area contributed by atoms with Crippen LogP contribution < -0.4 is 4.74 Å². The van der Waals surface area contributed by atoms with Crippen molar-refractivity contribution in [2.45, 2.75) is 6.10 Å². The fraction of sp³-hybridized carbons (Fsp3) is 0.118. The van der Waals surface area contributed by atoms with E-state index < -0.39 is 12.1 Å². The molecule has 1 atom stereocenters. The van der Waals surface area contributed by atoms with Gasteiger partial charge in [0, 0.05) is 0 Å². The van der Waals surface area contributed by atoms with Crippen LogP contribution in [0.25, 0.3) is 0 Å². The van der Waals surface area contributed by atoms with Gasteiger partial charge in [0.25, 0.3) is 0 Å². The Balaban J connectivity index is 2.18. The SMILES string of the molecule is COC(=O)C1=Nc2c(ccc(O)c2C=O)OC1c1ccccc1. The van der Waals surface area contributed by atoms with Gasteiger partial charge < -0.3 is 14.6 Å². The molecule has 1 aliphatic heterocycles. The lowest BCUT2D eigenvalue weighted by atomic mass is 10.0. The molecule has 3 rings (SSSR count). The molecule has 0 saturated carbocycles. The fourth-order valence-corrected chi connectivity index (χ4v) is 2.38. The number of nitrogens with zero attached hydrogens (tertiary/aromatic N) is 1. The third kappa shape index (κ3) is 2.55. The van der Waals surface area contributed by atoms with Gasteiger partial charge in [-0.15, -0.1) is 0 Å². The first-order valence-corrected chi connectivity index (χ1v) is 6.85. The van der Waals surface area contributed by atoms with Crippen molar-refractivity contribution in [1.29, 1.82) is 0 Å². The fourth-order valence-electron chi connectivity index (χ4n) is 2.38. The van der Waals surface area contributed by atoms with Gasteiger partial charge in [0.15, 0.2) is 18.1 Å². The zero-order chi connectivity index (χ0) is 16.4. The van der Waals surface area contributed by atoms with Crippen molar-refractivity contribution in [2.75, 3.05) is 7.11 Å². The number of fused-ring (bicyclic) bond motifs is 1. The highest BCUT2D eigenvalue weighted by Gasteiger charge is 2.33. The van der Waals surface area contributed by atoms with E-state index in [0.29, 0.717) is 12.0 Å². The van der Waals surface area contributed by atoms with Crippen molar-refractivity contribution in [3.8, 4) is 11.5 Å². The lowest BCUT2D eigenvalue weighted by Gasteiger charge is -2.26. The first-order chi connectivity index (χ1) is 11.2. The zero-order valence-electron chi connectivity index (χ0n) is 12.2. The van der Waals surface area contributed by atoms with Crippen molar-refractivity contribution in [3.63, 3.8) is 0 Å². The molecule has 1 heterocycles. The van der Waals surface area contributed by atoms with Crippen LogP contribution in [-0.2, 0) is 9.53 Å². The molecule has 0 radical (unpaired) electrons. The van der Waals surface area contributed by atoms with Gasteiger partial charge in [-0.25, -0.2) is 9.79 Å². The molecule has 1 unspecified atom stereocenters. The number of phenols is 1. The molecule has 6 nitrogen and oxygen atoms in total. The Morgan fingerprint density at radius 2 is 2.00 bits per heavy atom. The van der Waals surface area contributed by atoms with E-state index in [1.54, 1.807) is 12.1 Å². The average Bonchev–Trinajstić information content (AvgIpc) is 2.60. The molecule has 1 N–H and O–H groups in total. The summed E-state index contributed by atoms with van der Waals surface area (Å²) in [6.07, 6.45) is -0.279. The standard InChI is InChI=1S/C17H13NO5/c1-22-17(21)15-16(10-5-3-2-4-6-10)23-13-8-7-12(20)11(9-19)14(13)18-15/h2-9,16,20H,1H3. The summed E-state index contributed by atoms with van der Waals surface area (Å²) in [5.74, 6) is -0.579. The normalized spacial score (nSPS) is 15.9. The number of esters is 1. The Bertz CT molecular complexity index is 798. The largest absolute Gasteiger partial charge is 0.507 e. The molecule has 6 heteroatoms. The van der Waals surface area contributed by atoms with E-state index in [2.05, 4.69) is 4.99 Å². The number of ether oxygens (including phenoxy) is 2. The van der Waals surface area contributed by atoms with Gasteiger partial charge in [-0.05, 0) is 17.7 Å². The van der Waals surface area contributed by atoms with Gasteiger partial charge in [-0.2, -0.15) is 0 Å². The molecule has 0 spiro atoms. The monoisotopic (exact) mass is 311 g/mol. The van der Waals surface area contributed by atoms with E-state index >= 15 is 0 Å². The first-order valence-electron chi connectivity index (χ1n) is 6.85. The minimum Gasteiger partial charge on any atom is -0.507 e. The van der Waals surface area contributed by atoms with Gasteiger partial charge in [-0.3, -0.25) is 4.79 Å². The van der Waals surface area contributed by atoms with E-state index in [4.69, 9.17) is 9.47 Å². The molecule has 0 aromatic heterocycles. The Labute approximate surface area is 132 Å². The number of carbonyl (C=O) groups is 2. The number of hydrogen-bond acceptors (Lipinski definition) is 6. The Kier molecular flexibility index (Phi) is 3.80. The van der Waals surface area contributed by atoms with Crippen molar-refractivity contribution in [1.82, 2.24) is 0 Å². The summed E-state index contributed by atoms with van der Waals surface area (Å²) >= 11 is 0. The van der Waals surface area contributed by atoms with E-state index in [-0.39, 0.29) is 22.7 Å². The van der Waals surface area contributed by atoms with Crippen LogP contribution in [0.5, 0.6) is 11.5 Å². The summed E-state index contributed by atoms with van der Waals surface area (Å²) in [7, 11) is 1.24. The highest BCUT2D eigenvalue weighted by Crippen LogP contribution is 2.42. The van der Waals surface area contributed by atoms with Gasteiger partial charge in [0.1, 0.15) is 17.2 Å². The molecular weight excluding hydrogens is 298 g/mol. The Hall–Kier alpha value is -3.15. The number of carbonyl (C=O) groups excluding carboxylic acids is 2. The molecule has 0 bridgehead atoms. The van der Waals surface area contributed by atoms with E-state index in [9.17, 15) is 14.7 Å². The average molecular weight is 311 g/mol. The topological polar surface area (TPSA) is 85.2 Å². The predicted molar refractivity (Wildman–Crippen MR) is 82.4 cm³/mol. The summed E-state index contributed by atoms with van der Waals surface area (Å²) in [6.45, 7) is 0. The summed E-state index contributed by atoms with van der Waals surface area (Å²) in [6, 6.07) is 11.9. The lowest BCUT2D eigenvalue weighted by Crippen LogP contribution is -2.29. The van der Waals surface area contributed by atoms with Gasteiger partial charge in [0.2, 0.25) is 0 Å². The smallest absolute Gasteiger partial charge is 0.356 e. The van der Waals surface area contributed by atoms with E-state index in [0.717, 1.165) is 5.56 Å². The minimum absolute atomic E-state index is 0.0138. The molecule has 0 saturated heterocycles. The van der Waals surface area contributed by atoms with Crippen molar-refractivity contribution >= 4 is 23.7 Å². The lowest BCUT2D eigenvalue weighted by molar-refractivity contribution is -0.133. The summed E-state index contributed by atoms with van der Waals surface area (Å²) in [5.41, 5.74) is 0.825. The van der Waals surface area contributed by atoms with E-state index in [1.807, 2.05) is 18.2 Å². The number of aliphatic imine (C=N–C) groups is 1. The number of aldehydes is 1. The molecule has 23 heavy (non-hydrogen) atoms. The van der Waals surface area contributed by atoms with E-state index in [1.165, 1.54) is 19.2 Å². The molecule has 2 aromatic carbocycles. The highest BCUT2D eigenvalue weighted by molar-refractivity contribution is 6.39. The zero-order valence-corrected chi connectivity index (χ0v) is 12.2. The van der Waals surface area contributed by atoms with Gasteiger partial charge in [0.05, 0.1) is 12.7 Å². The molecule has 0 aliphatic carbocycles. The molecule has 1 aliphatic rings. The Morgan fingerprint density at radius 3 is 2.65 bits per heavy atom. The second-order valence-corrected chi connectivity index (χ2v) is 4.86. The maximum absolute atomic E-state index is 12.1. The van der Waals surface area contributed by atoms with Crippen LogP contribution in [0.3, 0.4) is 0 Å². The van der Waals surface area contributed by atoms with Crippen molar-refractivity contribution < 1.29 is 24.2 Å². The molecule has 0 fully saturated rings. The van der Waals surface area contributed by atoms with Crippen LogP contribution in [0.2, 0.25) is 0 Å². The first kappa shape index (κ1) is 14.8. The number of benzene rings is 2. The number of phenolic OH excluding ortho intramolecular Hbond substituents is 1. The predicted octanol–water partition coefficient (Wildman–Crippen LogP) is 2.58. The maximum atomic E-state index is 12.1. The second-order valence-electron chi connectivity index (χ2n) is 4.86. The summed E-state index contributed by atoms with van der Waals surface area (Å²) in [4.78, 5) is 27.5. The van der Waals surface area contributed by atoms with Crippen LogP contribution in [0, 0.1) is 0 Å². The molecule has 116 valence electrons. The Morgan fingerprint density at radius 1 is 1.26 bits per heavy atom. The maximum Gasteiger partial charge on any atom is 0.356 e. The molecular formula is C17H13NO5. The number of methoxy groups -OCH3 is 1. The molecule has 0 amide bonds. The number of hydrogen-bond donors (Lipinski definition) is 1. The van der Waals surface area contributed by atoms with Crippen LogP contribution in [0.4, 0.5) is 5.69 Å². The third-order valence-corrected chi connectivity index (χ3v) is 3.50. The van der Waals surface area contributed by atoms with Crippen LogP contribution >= 0.6 is 0 Å². The van der Waals surface area contributed by atoms with Crippen molar-refractivity contribution in [2.24, 2.45) is 4.99 Å². The second kappa shape index (κ2) is 5.92. The van der Waals surface area contributed by atoms with Crippen LogP contribution in [-0.4, -0.2) is 30.2 Å². The quantitative estimate of drug-likeness (QED) is 0.695. The van der Waals surface area contributed by atoms with Crippen molar-refractivity contribution in [3.05, 3.63) is 53.6 Å². The number of aromatic hydroxyl groups is 1. The van der Waals surface area contributed by atoms with Crippen LogP contribution in [0.15, 0.2) is 47.5 Å². The van der Waals surface area contributed by atoms with Crippen LogP contribution in [0.1, 0.15) is 22.0 Å². The highest BCUT2D eigenvalue weighted by atomic mass is 16.5. The van der Waals surface area contributed by atoms with Gasteiger partial charge >= 0.3 is 5.97 Å². The number of rotatable bonds is 3. The summed E-state index contributed by atoms with van der Waals surface area (Å²) < 4.78 is 10.6. The third-order valence-electron chi connectivity index (χ3n) is 3.50. The van der Waals surface area contributed by atoms with Gasteiger partial charge in [-0.1, -0.05) is 30.3 Å². The minimum atomic E-state index is -0.750. The summed E-state index contributed by atoms with van der Waals surface area (Å²) in [5, 5.41) is 9.76.